The second kappa shape index (κ2) is 5.11. The Morgan fingerprint density at radius 3 is 2.55 bits per heavy atom. The van der Waals surface area contributed by atoms with Crippen LogP contribution in [0.3, 0.4) is 0 Å². The second-order valence-corrected chi connectivity index (χ2v) is 7.10. The van der Waals surface area contributed by atoms with E-state index in [0.29, 0.717) is 25.3 Å². The summed E-state index contributed by atoms with van der Waals surface area (Å²) < 4.78 is 5.12. The number of Topliss-reactive ketones (excluding diaryl/α,β-unsaturated/α-hetero) is 1. The molecule has 2 saturated carbocycles. The van der Waals surface area contributed by atoms with Gasteiger partial charge in [-0.3, -0.25) is 9.59 Å². The summed E-state index contributed by atoms with van der Waals surface area (Å²) in [6.07, 6.45) is 2.40. The summed E-state index contributed by atoms with van der Waals surface area (Å²) in [5, 5.41) is 2.96. The van der Waals surface area contributed by atoms with Crippen molar-refractivity contribution in [2.75, 3.05) is 7.11 Å². The molecule has 118 valence electrons. The molecule has 0 radical (unpaired) electrons. The molecule has 1 aromatic rings. The van der Waals surface area contributed by atoms with Crippen molar-refractivity contribution in [3.8, 4) is 5.75 Å². The van der Waals surface area contributed by atoms with Crippen LogP contribution in [0.25, 0.3) is 0 Å². The predicted molar refractivity (Wildman–Crippen MR) is 83.4 cm³/mol. The Kier molecular flexibility index (Phi) is 3.50. The first-order valence-electron chi connectivity index (χ1n) is 7.86. The van der Waals surface area contributed by atoms with Gasteiger partial charge in [-0.25, -0.2) is 0 Å². The van der Waals surface area contributed by atoms with Crippen LogP contribution in [0.4, 0.5) is 0 Å². The number of hydrogen-bond acceptors (Lipinski definition) is 3. The Hall–Kier alpha value is -1.84. The summed E-state index contributed by atoms with van der Waals surface area (Å²) in [6.45, 7) is 4.41. The third kappa shape index (κ3) is 2.13. The lowest BCUT2D eigenvalue weighted by atomic mass is 9.70. The van der Waals surface area contributed by atoms with E-state index in [4.69, 9.17) is 4.74 Å². The standard InChI is InChI=1S/C18H23NO3/c1-17(2)13-8-9-18(10-13,15(17)20)16(21)19-11-12-4-6-14(22-3)7-5-12/h4-7,13H,8-11H2,1-3H3,(H,19,21)/t13-,18+/m0/s1. The highest BCUT2D eigenvalue weighted by Gasteiger charge is 2.64. The SMILES string of the molecule is COc1ccc(CNC(=O)[C@]23CC[C@@H](C2)C(C)(C)C3=O)cc1. The third-order valence-corrected chi connectivity index (χ3v) is 5.60. The molecular formula is C18H23NO3. The minimum atomic E-state index is -0.777. The zero-order valence-electron chi connectivity index (χ0n) is 13.4. The lowest BCUT2D eigenvalue weighted by Crippen LogP contribution is -2.47. The number of ketones is 1. The fourth-order valence-corrected chi connectivity index (χ4v) is 4.07. The minimum absolute atomic E-state index is 0.0959. The van der Waals surface area contributed by atoms with Crippen LogP contribution in [-0.4, -0.2) is 18.8 Å². The number of hydrogen-bond donors (Lipinski definition) is 1. The van der Waals surface area contributed by atoms with Gasteiger partial charge in [-0.2, -0.15) is 0 Å². The van der Waals surface area contributed by atoms with Crippen molar-refractivity contribution >= 4 is 11.7 Å². The van der Waals surface area contributed by atoms with E-state index in [9.17, 15) is 9.59 Å². The van der Waals surface area contributed by atoms with E-state index >= 15 is 0 Å². The monoisotopic (exact) mass is 301 g/mol. The van der Waals surface area contributed by atoms with Gasteiger partial charge < -0.3 is 10.1 Å². The highest BCUT2D eigenvalue weighted by molar-refractivity contribution is 6.10. The van der Waals surface area contributed by atoms with Crippen molar-refractivity contribution < 1.29 is 14.3 Å². The largest absolute Gasteiger partial charge is 0.497 e. The quantitative estimate of drug-likeness (QED) is 0.870. The van der Waals surface area contributed by atoms with E-state index in [1.165, 1.54) is 0 Å². The summed E-state index contributed by atoms with van der Waals surface area (Å²) in [5.41, 5.74) is -0.124. The van der Waals surface area contributed by atoms with Crippen LogP contribution in [0.15, 0.2) is 24.3 Å². The maximum atomic E-state index is 12.7. The number of fused-ring (bicyclic) bond motifs is 2. The van der Waals surface area contributed by atoms with Crippen LogP contribution < -0.4 is 10.1 Å². The molecule has 22 heavy (non-hydrogen) atoms. The van der Waals surface area contributed by atoms with Crippen LogP contribution in [0.5, 0.6) is 5.75 Å². The average Bonchev–Trinajstić information content (AvgIpc) is 3.05. The summed E-state index contributed by atoms with van der Waals surface area (Å²) in [4.78, 5) is 25.3. The zero-order chi connectivity index (χ0) is 16.0. The molecule has 4 nitrogen and oxygen atoms in total. The molecule has 0 spiro atoms. The number of ether oxygens (including phenoxy) is 1. The lowest BCUT2D eigenvalue weighted by Gasteiger charge is -2.32. The van der Waals surface area contributed by atoms with Crippen molar-refractivity contribution in [2.45, 2.75) is 39.7 Å². The Balaban J connectivity index is 1.68. The van der Waals surface area contributed by atoms with Gasteiger partial charge in [-0.15, -0.1) is 0 Å². The normalized spacial score (nSPS) is 28.7. The average molecular weight is 301 g/mol. The molecule has 0 saturated heterocycles. The van der Waals surface area contributed by atoms with Crippen LogP contribution >= 0.6 is 0 Å². The molecule has 1 amide bonds. The van der Waals surface area contributed by atoms with Gasteiger partial charge in [-0.05, 0) is 42.9 Å². The molecule has 1 N–H and O–H groups in total. The van der Waals surface area contributed by atoms with Crippen molar-refractivity contribution in [3.05, 3.63) is 29.8 Å². The summed E-state index contributed by atoms with van der Waals surface area (Å²) >= 11 is 0. The molecule has 2 aliphatic rings. The van der Waals surface area contributed by atoms with Gasteiger partial charge in [0.15, 0.2) is 5.78 Å². The number of amides is 1. The fraction of sp³-hybridized carbons (Fsp3) is 0.556. The molecule has 1 aromatic carbocycles. The molecule has 2 aliphatic carbocycles. The van der Waals surface area contributed by atoms with Crippen LogP contribution in [0.1, 0.15) is 38.7 Å². The van der Waals surface area contributed by atoms with Crippen molar-refractivity contribution in [2.24, 2.45) is 16.7 Å². The zero-order valence-corrected chi connectivity index (χ0v) is 13.4. The van der Waals surface area contributed by atoms with E-state index in [2.05, 4.69) is 5.32 Å². The minimum Gasteiger partial charge on any atom is -0.497 e. The number of benzene rings is 1. The van der Waals surface area contributed by atoms with Crippen LogP contribution in [0, 0.1) is 16.7 Å². The second-order valence-electron chi connectivity index (χ2n) is 7.10. The maximum Gasteiger partial charge on any atom is 0.233 e. The first kappa shape index (κ1) is 15.1. The number of methoxy groups -OCH3 is 1. The van der Waals surface area contributed by atoms with Gasteiger partial charge in [-0.1, -0.05) is 26.0 Å². The molecule has 2 bridgehead atoms. The highest BCUT2D eigenvalue weighted by atomic mass is 16.5. The molecule has 3 rings (SSSR count). The Morgan fingerprint density at radius 2 is 2.00 bits per heavy atom. The first-order valence-corrected chi connectivity index (χ1v) is 7.86. The molecule has 0 unspecified atom stereocenters. The van der Waals surface area contributed by atoms with Gasteiger partial charge >= 0.3 is 0 Å². The molecule has 0 aromatic heterocycles. The molecule has 2 fully saturated rings. The van der Waals surface area contributed by atoms with Crippen LogP contribution in [-0.2, 0) is 16.1 Å². The van der Waals surface area contributed by atoms with E-state index in [1.54, 1.807) is 7.11 Å². The number of nitrogens with one attached hydrogen (secondary N) is 1. The molecule has 2 atom stereocenters. The molecule has 0 aliphatic heterocycles. The van der Waals surface area contributed by atoms with E-state index in [-0.39, 0.29) is 17.1 Å². The number of carbonyl (C=O) groups is 2. The van der Waals surface area contributed by atoms with Gasteiger partial charge in [0.05, 0.1) is 7.11 Å². The van der Waals surface area contributed by atoms with E-state index in [0.717, 1.165) is 17.7 Å². The Morgan fingerprint density at radius 1 is 1.32 bits per heavy atom. The maximum absolute atomic E-state index is 12.7. The molecular weight excluding hydrogens is 278 g/mol. The Labute approximate surface area is 131 Å². The van der Waals surface area contributed by atoms with Gasteiger partial charge in [0.2, 0.25) is 5.91 Å². The molecule has 4 heteroatoms. The third-order valence-electron chi connectivity index (χ3n) is 5.60. The molecule has 0 heterocycles. The number of rotatable bonds is 4. The summed E-state index contributed by atoms with van der Waals surface area (Å²) in [7, 11) is 1.62. The first-order chi connectivity index (χ1) is 10.4. The van der Waals surface area contributed by atoms with Gasteiger partial charge in [0.1, 0.15) is 11.2 Å². The smallest absolute Gasteiger partial charge is 0.233 e. The van der Waals surface area contributed by atoms with Crippen molar-refractivity contribution in [1.29, 1.82) is 0 Å². The topological polar surface area (TPSA) is 55.4 Å². The van der Waals surface area contributed by atoms with Gasteiger partial charge in [0.25, 0.3) is 0 Å². The fourth-order valence-electron chi connectivity index (χ4n) is 4.07. The summed E-state index contributed by atoms with van der Waals surface area (Å²) in [5.74, 6) is 1.18. The van der Waals surface area contributed by atoms with Gasteiger partial charge in [0, 0.05) is 12.0 Å². The van der Waals surface area contributed by atoms with Crippen molar-refractivity contribution in [1.82, 2.24) is 5.32 Å². The Bertz CT molecular complexity index is 605. The predicted octanol–water partition coefficient (Wildman–Crippen LogP) is 2.71. The van der Waals surface area contributed by atoms with E-state index in [1.807, 2.05) is 38.1 Å². The number of carbonyl (C=O) groups excluding carboxylic acids is 2. The van der Waals surface area contributed by atoms with E-state index < -0.39 is 5.41 Å². The highest BCUT2D eigenvalue weighted by Crippen LogP contribution is 2.60. The van der Waals surface area contributed by atoms with Crippen LogP contribution in [0.2, 0.25) is 0 Å². The summed E-state index contributed by atoms with van der Waals surface area (Å²) in [6, 6.07) is 7.59. The lowest BCUT2D eigenvalue weighted by molar-refractivity contribution is -0.145. The van der Waals surface area contributed by atoms with Crippen molar-refractivity contribution in [3.63, 3.8) is 0 Å².